The normalized spacial score (nSPS) is 37.3. The number of piperidine rings is 1. The Morgan fingerprint density at radius 3 is 2.53 bits per heavy atom. The van der Waals surface area contributed by atoms with Gasteiger partial charge in [-0.3, -0.25) is 4.79 Å². The van der Waals surface area contributed by atoms with Gasteiger partial charge in [-0.15, -0.1) is 0 Å². The molecule has 2 heteroatoms. The van der Waals surface area contributed by atoms with Crippen LogP contribution in [0.4, 0.5) is 0 Å². The number of carbonyl (C=O) groups excluding carboxylic acids is 1. The average Bonchev–Trinajstić information content (AvgIpc) is 2.53. The van der Waals surface area contributed by atoms with E-state index in [-0.39, 0.29) is 0 Å². The maximum absolute atomic E-state index is 12.0. The molecule has 0 radical (unpaired) electrons. The molecule has 1 aliphatic heterocycles. The summed E-state index contributed by atoms with van der Waals surface area (Å²) in [6.07, 6.45) is 4.19. The number of nitrogens with zero attached hydrogens (tertiary/aromatic N) is 1. The highest BCUT2D eigenvalue weighted by molar-refractivity contribution is 5.77. The van der Waals surface area contributed by atoms with Gasteiger partial charge >= 0.3 is 0 Å². The lowest BCUT2D eigenvalue weighted by atomic mass is 9.79. The number of rotatable bonds is 2. The topological polar surface area (TPSA) is 20.3 Å². The first-order valence-corrected chi connectivity index (χ1v) is 6.17. The van der Waals surface area contributed by atoms with Crippen molar-refractivity contribution in [1.82, 2.24) is 4.90 Å². The van der Waals surface area contributed by atoms with Crippen molar-refractivity contribution >= 4 is 5.91 Å². The summed E-state index contributed by atoms with van der Waals surface area (Å²) in [5, 5.41) is 0. The van der Waals surface area contributed by atoms with Crippen molar-refractivity contribution in [2.24, 2.45) is 10.8 Å². The van der Waals surface area contributed by atoms with E-state index in [1.807, 2.05) is 0 Å². The highest BCUT2D eigenvalue weighted by Crippen LogP contribution is 2.56. The zero-order chi connectivity index (χ0) is 11.3. The van der Waals surface area contributed by atoms with Gasteiger partial charge < -0.3 is 4.90 Å². The molecule has 2 unspecified atom stereocenters. The molecule has 0 aromatic rings. The Hall–Kier alpha value is -0.530. The summed E-state index contributed by atoms with van der Waals surface area (Å²) in [5.74, 6) is 0.374. The molecule has 2 bridgehead atoms. The van der Waals surface area contributed by atoms with Gasteiger partial charge in [0.2, 0.25) is 5.91 Å². The van der Waals surface area contributed by atoms with Crippen molar-refractivity contribution in [2.75, 3.05) is 6.54 Å². The third-order valence-electron chi connectivity index (χ3n) is 4.18. The van der Waals surface area contributed by atoms with Crippen molar-refractivity contribution in [2.45, 2.75) is 59.4 Å². The largest absolute Gasteiger partial charge is 0.339 e. The molecule has 2 rings (SSSR count). The second kappa shape index (κ2) is 3.23. The van der Waals surface area contributed by atoms with E-state index in [2.05, 4.69) is 32.6 Å². The van der Waals surface area contributed by atoms with E-state index in [9.17, 15) is 4.79 Å². The summed E-state index contributed by atoms with van der Waals surface area (Å²) >= 11 is 0. The number of hydrogen-bond acceptors (Lipinski definition) is 1. The molecule has 2 atom stereocenters. The van der Waals surface area contributed by atoms with E-state index < -0.39 is 0 Å². The van der Waals surface area contributed by atoms with Crippen molar-refractivity contribution in [1.29, 1.82) is 0 Å². The van der Waals surface area contributed by atoms with Crippen LogP contribution in [0.1, 0.15) is 53.4 Å². The molecule has 0 aromatic heterocycles. The van der Waals surface area contributed by atoms with Crippen LogP contribution in [-0.4, -0.2) is 23.4 Å². The van der Waals surface area contributed by atoms with E-state index >= 15 is 0 Å². The van der Waals surface area contributed by atoms with Crippen molar-refractivity contribution < 1.29 is 4.79 Å². The minimum Gasteiger partial charge on any atom is -0.339 e. The molecule has 1 heterocycles. The molecule has 86 valence electrons. The summed E-state index contributed by atoms with van der Waals surface area (Å²) in [4.78, 5) is 14.2. The summed E-state index contributed by atoms with van der Waals surface area (Å²) in [7, 11) is 0. The van der Waals surface area contributed by atoms with Crippen LogP contribution in [0, 0.1) is 10.8 Å². The van der Waals surface area contributed by atoms with E-state index in [4.69, 9.17) is 0 Å². The van der Waals surface area contributed by atoms with Gasteiger partial charge in [-0.25, -0.2) is 0 Å². The van der Waals surface area contributed by atoms with Gasteiger partial charge in [0.25, 0.3) is 0 Å². The highest BCUT2D eigenvalue weighted by atomic mass is 16.2. The maximum atomic E-state index is 12.0. The lowest BCUT2D eigenvalue weighted by Crippen LogP contribution is -2.47. The molecule has 1 amide bonds. The summed E-state index contributed by atoms with van der Waals surface area (Å²) in [6, 6.07) is 0.501. The van der Waals surface area contributed by atoms with Crippen LogP contribution in [0.5, 0.6) is 0 Å². The van der Waals surface area contributed by atoms with Crippen LogP contribution in [0.2, 0.25) is 0 Å². The summed E-state index contributed by atoms with van der Waals surface area (Å²) < 4.78 is 0. The summed E-state index contributed by atoms with van der Waals surface area (Å²) in [6.45, 7) is 10.1. The van der Waals surface area contributed by atoms with E-state index in [0.29, 0.717) is 22.8 Å². The van der Waals surface area contributed by atoms with Crippen LogP contribution in [0.25, 0.3) is 0 Å². The Morgan fingerprint density at radius 1 is 1.40 bits per heavy atom. The van der Waals surface area contributed by atoms with Crippen LogP contribution in [-0.2, 0) is 4.79 Å². The molecule has 2 nitrogen and oxygen atoms in total. The molecule has 15 heavy (non-hydrogen) atoms. The van der Waals surface area contributed by atoms with Crippen LogP contribution < -0.4 is 0 Å². The Morgan fingerprint density at radius 2 is 2.07 bits per heavy atom. The van der Waals surface area contributed by atoms with Gasteiger partial charge in [0.15, 0.2) is 0 Å². The fourth-order valence-electron chi connectivity index (χ4n) is 3.83. The smallest absolute Gasteiger partial charge is 0.222 e. The van der Waals surface area contributed by atoms with Crippen LogP contribution in [0.3, 0.4) is 0 Å². The molecule has 0 spiro atoms. The third kappa shape index (κ3) is 1.68. The molecule has 2 aliphatic rings. The first-order valence-electron chi connectivity index (χ1n) is 6.17. The first-order chi connectivity index (χ1) is 6.88. The van der Waals surface area contributed by atoms with Gasteiger partial charge in [0, 0.05) is 19.0 Å². The number of fused-ring (bicyclic) bond motifs is 2. The van der Waals surface area contributed by atoms with Gasteiger partial charge in [-0.2, -0.15) is 0 Å². The van der Waals surface area contributed by atoms with Gasteiger partial charge in [-0.05, 0) is 30.1 Å². The van der Waals surface area contributed by atoms with E-state index in [0.717, 1.165) is 19.4 Å². The fraction of sp³-hybridized carbons (Fsp3) is 0.923. The molecule has 1 saturated heterocycles. The summed E-state index contributed by atoms with van der Waals surface area (Å²) in [5.41, 5.74) is 0.730. The predicted octanol–water partition coefficient (Wildman–Crippen LogP) is 2.82. The van der Waals surface area contributed by atoms with Crippen molar-refractivity contribution in [3.8, 4) is 0 Å². The SMILES string of the molecule is CCCC(=O)N1CC2(C)CC1C(C)(C)C2. The van der Waals surface area contributed by atoms with E-state index in [1.165, 1.54) is 12.8 Å². The first kappa shape index (κ1) is 11.0. The zero-order valence-corrected chi connectivity index (χ0v) is 10.5. The lowest BCUT2D eigenvalue weighted by Gasteiger charge is -2.41. The maximum Gasteiger partial charge on any atom is 0.222 e. The molecular weight excluding hydrogens is 186 g/mol. The number of likely N-dealkylation sites (tertiary alicyclic amines) is 1. The predicted molar refractivity (Wildman–Crippen MR) is 61.5 cm³/mol. The van der Waals surface area contributed by atoms with Gasteiger partial charge in [0.05, 0.1) is 0 Å². The van der Waals surface area contributed by atoms with Gasteiger partial charge in [0.1, 0.15) is 0 Å². The molecular formula is C13H23NO. The Balaban J connectivity index is 2.15. The highest BCUT2D eigenvalue weighted by Gasteiger charge is 2.56. The Bertz CT molecular complexity index is 282. The second-order valence-corrected chi connectivity index (χ2v) is 6.47. The molecule has 1 aliphatic carbocycles. The Labute approximate surface area is 93.0 Å². The number of hydrogen-bond donors (Lipinski definition) is 0. The third-order valence-corrected chi connectivity index (χ3v) is 4.18. The van der Waals surface area contributed by atoms with E-state index in [1.54, 1.807) is 0 Å². The monoisotopic (exact) mass is 209 g/mol. The lowest BCUT2D eigenvalue weighted by molar-refractivity contribution is -0.136. The molecule has 0 N–H and O–H groups in total. The fourth-order valence-corrected chi connectivity index (χ4v) is 3.83. The average molecular weight is 209 g/mol. The minimum absolute atomic E-state index is 0.330. The standard InChI is InChI=1S/C13H23NO/c1-5-6-11(15)14-9-13(4)7-10(14)12(2,3)8-13/h10H,5-9H2,1-4H3. The minimum atomic E-state index is 0.330. The molecule has 0 aromatic carbocycles. The van der Waals surface area contributed by atoms with Gasteiger partial charge in [-0.1, -0.05) is 27.7 Å². The quantitative estimate of drug-likeness (QED) is 0.685. The number of carbonyl (C=O) groups is 1. The molecule has 2 fully saturated rings. The molecule has 1 saturated carbocycles. The zero-order valence-electron chi connectivity index (χ0n) is 10.5. The second-order valence-electron chi connectivity index (χ2n) is 6.47. The Kier molecular flexibility index (Phi) is 2.36. The van der Waals surface area contributed by atoms with Crippen molar-refractivity contribution in [3.05, 3.63) is 0 Å². The number of amides is 1. The van der Waals surface area contributed by atoms with Crippen molar-refractivity contribution in [3.63, 3.8) is 0 Å². The van der Waals surface area contributed by atoms with Crippen LogP contribution in [0.15, 0.2) is 0 Å². The van der Waals surface area contributed by atoms with Crippen LogP contribution >= 0.6 is 0 Å².